The van der Waals surface area contributed by atoms with E-state index >= 15 is 0 Å². The number of nitrogens with one attached hydrogen (secondary N) is 2. The molecule has 1 heterocycles. The summed E-state index contributed by atoms with van der Waals surface area (Å²) in [6.07, 6.45) is 0. The van der Waals surface area contributed by atoms with Crippen LogP contribution in [-0.2, 0) is 4.79 Å². The summed E-state index contributed by atoms with van der Waals surface area (Å²) in [6, 6.07) is 21.9. The highest BCUT2D eigenvalue weighted by Crippen LogP contribution is 2.34. The monoisotopic (exact) mass is 376 g/mol. The topological polar surface area (TPSA) is 68.8 Å². The Morgan fingerprint density at radius 1 is 0.893 bits per heavy atom. The molecule has 3 aromatic rings. The molecule has 2 N–H and O–H groups in total. The fraction of sp³-hybridized carbons (Fsp3) is 0.136. The molecular formula is C22H20N2O4. The molecule has 6 nitrogen and oxygen atoms in total. The zero-order valence-electron chi connectivity index (χ0n) is 15.3. The first kappa shape index (κ1) is 17.7. The summed E-state index contributed by atoms with van der Waals surface area (Å²) < 4.78 is 16.4. The van der Waals surface area contributed by atoms with Gasteiger partial charge in [0.25, 0.3) is 0 Å². The average Bonchev–Trinajstić information content (AvgIpc) is 3.18. The first-order chi connectivity index (χ1) is 13.7. The number of ether oxygens (including phenoxy) is 3. The molecule has 3 aromatic carbocycles. The molecule has 0 bridgehead atoms. The number of carbonyl (C=O) groups is 1. The molecular weight excluding hydrogens is 356 g/mol. The molecule has 28 heavy (non-hydrogen) atoms. The van der Waals surface area contributed by atoms with Gasteiger partial charge in [-0.2, -0.15) is 0 Å². The van der Waals surface area contributed by atoms with Gasteiger partial charge in [-0.3, -0.25) is 4.79 Å². The van der Waals surface area contributed by atoms with E-state index < -0.39 is 6.04 Å². The van der Waals surface area contributed by atoms with Crippen molar-refractivity contribution >= 4 is 17.3 Å². The second kappa shape index (κ2) is 7.92. The van der Waals surface area contributed by atoms with Crippen molar-refractivity contribution in [3.05, 3.63) is 72.8 Å². The summed E-state index contributed by atoms with van der Waals surface area (Å²) in [7, 11) is 0. The Morgan fingerprint density at radius 3 is 2.36 bits per heavy atom. The summed E-state index contributed by atoms with van der Waals surface area (Å²) in [5.74, 6) is 2.67. The first-order valence-corrected chi connectivity index (χ1v) is 8.97. The maximum absolute atomic E-state index is 12.5. The van der Waals surface area contributed by atoms with E-state index in [2.05, 4.69) is 10.6 Å². The Balaban J connectivity index is 1.33. The second-order valence-corrected chi connectivity index (χ2v) is 6.36. The van der Waals surface area contributed by atoms with Crippen LogP contribution >= 0.6 is 0 Å². The predicted octanol–water partition coefficient (Wildman–Crippen LogP) is 4.65. The smallest absolute Gasteiger partial charge is 0.246 e. The maximum atomic E-state index is 12.5. The number of rotatable bonds is 6. The molecule has 1 amide bonds. The number of hydrogen-bond acceptors (Lipinski definition) is 5. The molecule has 0 aromatic heterocycles. The minimum atomic E-state index is -0.425. The third kappa shape index (κ3) is 4.17. The molecule has 1 aliphatic rings. The largest absolute Gasteiger partial charge is 0.457 e. The number of benzene rings is 3. The van der Waals surface area contributed by atoms with E-state index in [1.54, 1.807) is 25.1 Å². The lowest BCUT2D eigenvalue weighted by molar-refractivity contribution is -0.116. The van der Waals surface area contributed by atoms with Gasteiger partial charge in [-0.1, -0.05) is 18.2 Å². The van der Waals surface area contributed by atoms with E-state index in [0.29, 0.717) is 17.2 Å². The van der Waals surface area contributed by atoms with Crippen LogP contribution in [0, 0.1) is 0 Å². The van der Waals surface area contributed by atoms with Crippen LogP contribution in [0.15, 0.2) is 72.8 Å². The van der Waals surface area contributed by atoms with E-state index in [9.17, 15) is 4.79 Å². The van der Waals surface area contributed by atoms with E-state index in [1.165, 1.54) is 0 Å². The summed E-state index contributed by atoms with van der Waals surface area (Å²) in [5.41, 5.74) is 1.49. The quantitative estimate of drug-likeness (QED) is 0.656. The molecule has 6 heteroatoms. The molecule has 0 saturated heterocycles. The molecule has 0 fully saturated rings. The van der Waals surface area contributed by atoms with Gasteiger partial charge < -0.3 is 24.8 Å². The van der Waals surface area contributed by atoms with Gasteiger partial charge in [-0.25, -0.2) is 0 Å². The Labute approximate surface area is 163 Å². The lowest BCUT2D eigenvalue weighted by atomic mass is 10.2. The number of para-hydroxylation sites is 1. The van der Waals surface area contributed by atoms with Gasteiger partial charge in [0.15, 0.2) is 11.5 Å². The van der Waals surface area contributed by atoms with Crippen molar-refractivity contribution in [2.24, 2.45) is 0 Å². The van der Waals surface area contributed by atoms with Crippen molar-refractivity contribution in [3.63, 3.8) is 0 Å². The van der Waals surface area contributed by atoms with Crippen LogP contribution in [0.5, 0.6) is 23.0 Å². The first-order valence-electron chi connectivity index (χ1n) is 8.97. The molecule has 1 atom stereocenters. The normalized spacial score (nSPS) is 12.9. The van der Waals surface area contributed by atoms with Crippen molar-refractivity contribution in [2.45, 2.75) is 13.0 Å². The number of hydrogen-bond donors (Lipinski definition) is 2. The van der Waals surface area contributed by atoms with Crippen LogP contribution in [-0.4, -0.2) is 18.7 Å². The van der Waals surface area contributed by atoms with Crippen LogP contribution in [0.2, 0.25) is 0 Å². The third-order valence-electron chi connectivity index (χ3n) is 4.25. The van der Waals surface area contributed by atoms with Crippen molar-refractivity contribution in [2.75, 3.05) is 17.4 Å². The zero-order chi connectivity index (χ0) is 19.3. The number of fused-ring (bicyclic) bond motifs is 1. The summed E-state index contributed by atoms with van der Waals surface area (Å²) in [4.78, 5) is 12.5. The van der Waals surface area contributed by atoms with Crippen LogP contribution in [0.3, 0.4) is 0 Å². The average molecular weight is 376 g/mol. The summed E-state index contributed by atoms with van der Waals surface area (Å²) >= 11 is 0. The van der Waals surface area contributed by atoms with Crippen LogP contribution in [0.4, 0.5) is 11.4 Å². The van der Waals surface area contributed by atoms with Gasteiger partial charge >= 0.3 is 0 Å². The molecule has 0 saturated carbocycles. The van der Waals surface area contributed by atoms with Crippen molar-refractivity contribution in [3.8, 4) is 23.0 Å². The molecule has 1 aliphatic heterocycles. The number of carbonyl (C=O) groups excluding carboxylic acids is 1. The van der Waals surface area contributed by atoms with Gasteiger partial charge in [0, 0.05) is 17.4 Å². The Morgan fingerprint density at radius 2 is 1.57 bits per heavy atom. The van der Waals surface area contributed by atoms with Gasteiger partial charge in [-0.05, 0) is 55.5 Å². The van der Waals surface area contributed by atoms with Gasteiger partial charge in [0.2, 0.25) is 12.7 Å². The highest BCUT2D eigenvalue weighted by atomic mass is 16.7. The fourth-order valence-electron chi connectivity index (χ4n) is 2.78. The Hall–Kier alpha value is -3.67. The Bertz CT molecular complexity index is 958. The van der Waals surface area contributed by atoms with E-state index in [-0.39, 0.29) is 12.7 Å². The minimum absolute atomic E-state index is 0.150. The van der Waals surface area contributed by atoms with Crippen molar-refractivity contribution in [1.82, 2.24) is 0 Å². The standard InChI is InChI=1S/C22H20N2O4/c1-15(22(25)24-17-9-12-20-21(13-17)27-14-26-20)23-16-7-10-19(11-8-16)28-18-5-3-2-4-6-18/h2-13,15,23H,14H2,1H3,(H,24,25)/t15-/m0/s1. The lowest BCUT2D eigenvalue weighted by Gasteiger charge is -2.16. The fourth-order valence-corrected chi connectivity index (χ4v) is 2.78. The summed E-state index contributed by atoms with van der Waals surface area (Å²) in [5, 5.41) is 6.06. The second-order valence-electron chi connectivity index (χ2n) is 6.36. The highest BCUT2D eigenvalue weighted by molar-refractivity contribution is 5.96. The summed E-state index contributed by atoms with van der Waals surface area (Å²) in [6.45, 7) is 2.01. The predicted molar refractivity (Wildman–Crippen MR) is 107 cm³/mol. The van der Waals surface area contributed by atoms with E-state index in [0.717, 1.165) is 17.2 Å². The number of amides is 1. The zero-order valence-corrected chi connectivity index (χ0v) is 15.3. The van der Waals surface area contributed by atoms with Gasteiger partial charge in [0.05, 0.1) is 0 Å². The van der Waals surface area contributed by atoms with Gasteiger partial charge in [-0.15, -0.1) is 0 Å². The molecule has 0 unspecified atom stereocenters. The highest BCUT2D eigenvalue weighted by Gasteiger charge is 2.17. The van der Waals surface area contributed by atoms with E-state index in [4.69, 9.17) is 14.2 Å². The minimum Gasteiger partial charge on any atom is -0.457 e. The van der Waals surface area contributed by atoms with Crippen molar-refractivity contribution in [1.29, 1.82) is 0 Å². The molecule has 142 valence electrons. The number of anilines is 2. The molecule has 0 spiro atoms. The lowest BCUT2D eigenvalue weighted by Crippen LogP contribution is -2.31. The van der Waals surface area contributed by atoms with Crippen molar-refractivity contribution < 1.29 is 19.0 Å². The van der Waals surface area contributed by atoms with E-state index in [1.807, 2.05) is 54.6 Å². The molecule has 0 aliphatic carbocycles. The molecule has 4 rings (SSSR count). The SMILES string of the molecule is C[C@H](Nc1ccc(Oc2ccccc2)cc1)C(=O)Nc1ccc2c(c1)OCO2. The van der Waals surface area contributed by atoms with Crippen LogP contribution in [0.25, 0.3) is 0 Å². The third-order valence-corrected chi connectivity index (χ3v) is 4.25. The maximum Gasteiger partial charge on any atom is 0.246 e. The van der Waals surface area contributed by atoms with Gasteiger partial charge in [0.1, 0.15) is 17.5 Å². The molecule has 0 radical (unpaired) electrons. The Kier molecular flexibility index (Phi) is 5.01. The van der Waals surface area contributed by atoms with Crippen LogP contribution < -0.4 is 24.8 Å². The van der Waals surface area contributed by atoms with Crippen LogP contribution in [0.1, 0.15) is 6.92 Å².